The molecule has 1 saturated heterocycles. The molecule has 1 aromatic carbocycles. The molecular weight excluding hydrogens is 371 g/mol. The summed E-state index contributed by atoms with van der Waals surface area (Å²) in [6.45, 7) is 5.68. The molecule has 6 nitrogen and oxygen atoms in total. The van der Waals surface area contributed by atoms with Gasteiger partial charge in [0.25, 0.3) is 5.56 Å². The third kappa shape index (κ3) is 4.51. The summed E-state index contributed by atoms with van der Waals surface area (Å²) in [6.07, 6.45) is 2.49. The molecular formula is C22H25FN4O2. The van der Waals surface area contributed by atoms with Crippen molar-refractivity contribution in [1.82, 2.24) is 14.5 Å². The smallest absolute Gasteiger partial charge is 0.255 e. The van der Waals surface area contributed by atoms with Crippen LogP contribution >= 0.6 is 0 Å². The van der Waals surface area contributed by atoms with Crippen LogP contribution in [0.5, 0.6) is 0 Å². The summed E-state index contributed by atoms with van der Waals surface area (Å²) in [5.74, 6) is -0.00807. The van der Waals surface area contributed by atoms with Crippen LogP contribution in [0.4, 0.5) is 10.3 Å². The summed E-state index contributed by atoms with van der Waals surface area (Å²) in [5.41, 5.74) is 1.39. The van der Waals surface area contributed by atoms with Crippen LogP contribution in [0.15, 0.2) is 59.7 Å². The van der Waals surface area contributed by atoms with Crippen LogP contribution in [0.1, 0.15) is 25.5 Å². The minimum Gasteiger partial charge on any atom is -0.370 e. The minimum absolute atomic E-state index is 0.113. The Kier molecular flexibility index (Phi) is 6.72. The van der Waals surface area contributed by atoms with Crippen molar-refractivity contribution >= 4 is 5.95 Å². The van der Waals surface area contributed by atoms with E-state index < -0.39 is 5.82 Å². The number of hydrogen-bond acceptors (Lipinski definition) is 5. The van der Waals surface area contributed by atoms with E-state index in [1.807, 2.05) is 49.1 Å². The number of nitrogens with zero attached hydrogens (tertiary/aromatic N) is 4. The largest absolute Gasteiger partial charge is 0.370 e. The molecule has 1 aliphatic rings. The van der Waals surface area contributed by atoms with E-state index >= 15 is 0 Å². The molecule has 1 aliphatic heterocycles. The molecule has 1 unspecified atom stereocenters. The molecule has 0 radical (unpaired) electrons. The first-order chi connectivity index (χ1) is 14.1. The second-order valence-electron chi connectivity index (χ2n) is 6.41. The number of halogens is 1. The number of hydrogen-bond donors (Lipinski definition) is 0. The van der Waals surface area contributed by atoms with Crippen LogP contribution < -0.4 is 10.5 Å². The van der Waals surface area contributed by atoms with Gasteiger partial charge in [-0.15, -0.1) is 0 Å². The maximum absolute atomic E-state index is 14.1. The average Bonchev–Trinajstić information content (AvgIpc) is 2.78. The minimum atomic E-state index is -0.506. The van der Waals surface area contributed by atoms with Crippen molar-refractivity contribution in [2.75, 3.05) is 24.6 Å². The van der Waals surface area contributed by atoms with E-state index in [9.17, 15) is 9.18 Å². The molecule has 3 aromatic rings. The Balaban J connectivity index is 0.00000117. The average molecular weight is 396 g/mol. The first-order valence-corrected chi connectivity index (χ1v) is 9.73. The highest BCUT2D eigenvalue weighted by Crippen LogP contribution is 2.26. The van der Waals surface area contributed by atoms with Crippen LogP contribution in [0.25, 0.3) is 11.3 Å². The lowest BCUT2D eigenvalue weighted by Gasteiger charge is -2.34. The van der Waals surface area contributed by atoms with Gasteiger partial charge in [-0.2, -0.15) is 0 Å². The molecule has 0 N–H and O–H groups in total. The third-order valence-electron chi connectivity index (χ3n) is 4.68. The molecule has 0 aliphatic carbocycles. The predicted octanol–water partition coefficient (Wildman–Crippen LogP) is 3.59. The summed E-state index contributed by atoms with van der Waals surface area (Å²) in [7, 11) is 1.67. The fraction of sp³-hybridized carbons (Fsp3) is 0.318. The van der Waals surface area contributed by atoms with Crippen LogP contribution in [-0.4, -0.2) is 34.2 Å². The lowest BCUT2D eigenvalue weighted by atomic mass is 10.1. The van der Waals surface area contributed by atoms with Crippen molar-refractivity contribution in [2.45, 2.75) is 20.0 Å². The van der Waals surface area contributed by atoms with Crippen molar-refractivity contribution < 1.29 is 9.13 Å². The Morgan fingerprint density at radius 1 is 1.17 bits per heavy atom. The maximum atomic E-state index is 14.1. The number of ether oxygens (including phenoxy) is 1. The monoisotopic (exact) mass is 396 g/mol. The van der Waals surface area contributed by atoms with Gasteiger partial charge in [-0.3, -0.25) is 14.3 Å². The molecule has 152 valence electrons. The number of pyridine rings is 1. The fourth-order valence-corrected chi connectivity index (χ4v) is 3.23. The van der Waals surface area contributed by atoms with Gasteiger partial charge in [-0.1, -0.05) is 44.2 Å². The van der Waals surface area contributed by atoms with E-state index in [-0.39, 0.29) is 17.2 Å². The summed E-state index contributed by atoms with van der Waals surface area (Å²) in [4.78, 5) is 22.8. The van der Waals surface area contributed by atoms with Crippen molar-refractivity contribution in [2.24, 2.45) is 7.05 Å². The highest BCUT2D eigenvalue weighted by molar-refractivity contribution is 5.60. The van der Waals surface area contributed by atoms with E-state index in [1.54, 1.807) is 7.05 Å². The first kappa shape index (κ1) is 20.7. The van der Waals surface area contributed by atoms with E-state index in [0.29, 0.717) is 31.3 Å². The molecule has 1 atom stereocenters. The van der Waals surface area contributed by atoms with Gasteiger partial charge >= 0.3 is 0 Å². The second kappa shape index (κ2) is 9.43. The Morgan fingerprint density at radius 2 is 1.93 bits per heavy atom. The van der Waals surface area contributed by atoms with Crippen molar-refractivity contribution in [3.63, 3.8) is 0 Å². The molecule has 0 saturated carbocycles. The summed E-state index contributed by atoms with van der Waals surface area (Å²) in [6, 6.07) is 12.8. The number of morpholine rings is 1. The quantitative estimate of drug-likeness (QED) is 0.677. The standard InChI is InChI=1S/C20H19FN4O2.C2H6/c1-24-19(26)11-17(15-7-8-22-12-16(15)21)23-20(24)25-9-10-27-18(13-25)14-5-3-2-4-6-14;1-2/h2-8,11-12,18H,9-10,13H2,1H3;1-2H3. The number of rotatable bonds is 3. The molecule has 3 heterocycles. The Morgan fingerprint density at radius 3 is 2.66 bits per heavy atom. The van der Waals surface area contributed by atoms with Gasteiger partial charge in [0.15, 0.2) is 5.82 Å². The highest BCUT2D eigenvalue weighted by atomic mass is 19.1. The van der Waals surface area contributed by atoms with Gasteiger partial charge in [-0.05, 0) is 11.6 Å². The topological polar surface area (TPSA) is 60.2 Å². The second-order valence-corrected chi connectivity index (χ2v) is 6.41. The third-order valence-corrected chi connectivity index (χ3v) is 4.68. The van der Waals surface area contributed by atoms with Crippen molar-refractivity contribution in [1.29, 1.82) is 0 Å². The number of anilines is 1. The lowest BCUT2D eigenvalue weighted by molar-refractivity contribution is 0.0390. The fourth-order valence-electron chi connectivity index (χ4n) is 3.23. The Labute approximate surface area is 169 Å². The SMILES string of the molecule is CC.Cn1c(N2CCOC(c3ccccc3)C2)nc(-c2ccncc2F)cc1=O. The molecule has 0 bridgehead atoms. The van der Waals surface area contributed by atoms with E-state index in [1.165, 1.54) is 22.9 Å². The van der Waals surface area contributed by atoms with Gasteiger partial charge in [0.05, 0.1) is 25.0 Å². The van der Waals surface area contributed by atoms with E-state index in [2.05, 4.69) is 9.97 Å². The summed E-state index contributed by atoms with van der Waals surface area (Å²) >= 11 is 0. The van der Waals surface area contributed by atoms with Crippen LogP contribution in [0, 0.1) is 5.82 Å². The Hall–Kier alpha value is -3.06. The molecule has 7 heteroatoms. The zero-order valence-corrected chi connectivity index (χ0v) is 16.9. The number of benzene rings is 1. The van der Waals surface area contributed by atoms with Crippen LogP contribution in [0.3, 0.4) is 0 Å². The van der Waals surface area contributed by atoms with Crippen molar-refractivity contribution in [3.05, 3.63) is 76.6 Å². The van der Waals surface area contributed by atoms with Gasteiger partial charge in [0.1, 0.15) is 6.10 Å². The van der Waals surface area contributed by atoms with Crippen LogP contribution in [0.2, 0.25) is 0 Å². The molecule has 4 rings (SSSR count). The van der Waals surface area contributed by atoms with E-state index in [4.69, 9.17) is 4.74 Å². The zero-order chi connectivity index (χ0) is 20.8. The van der Waals surface area contributed by atoms with E-state index in [0.717, 1.165) is 11.8 Å². The van der Waals surface area contributed by atoms with Gasteiger partial charge in [0, 0.05) is 31.4 Å². The van der Waals surface area contributed by atoms with Gasteiger partial charge in [0.2, 0.25) is 5.95 Å². The highest BCUT2D eigenvalue weighted by Gasteiger charge is 2.25. The van der Waals surface area contributed by atoms with Crippen molar-refractivity contribution in [3.8, 4) is 11.3 Å². The van der Waals surface area contributed by atoms with Gasteiger partial charge < -0.3 is 9.64 Å². The normalized spacial score (nSPS) is 16.1. The van der Waals surface area contributed by atoms with Crippen LogP contribution in [-0.2, 0) is 11.8 Å². The lowest BCUT2D eigenvalue weighted by Crippen LogP contribution is -2.41. The maximum Gasteiger partial charge on any atom is 0.255 e. The zero-order valence-electron chi connectivity index (χ0n) is 16.9. The predicted molar refractivity (Wildman–Crippen MR) is 111 cm³/mol. The molecule has 0 spiro atoms. The molecule has 29 heavy (non-hydrogen) atoms. The molecule has 0 amide bonds. The summed E-state index contributed by atoms with van der Waals surface area (Å²) in [5, 5.41) is 0. The molecule has 2 aromatic heterocycles. The first-order valence-electron chi connectivity index (χ1n) is 9.73. The summed E-state index contributed by atoms with van der Waals surface area (Å²) < 4.78 is 21.5. The molecule has 1 fully saturated rings. The number of aromatic nitrogens is 3. The Bertz CT molecular complexity index is 1010. The van der Waals surface area contributed by atoms with Gasteiger partial charge in [-0.25, -0.2) is 9.37 Å².